The Morgan fingerprint density at radius 1 is 1.40 bits per heavy atom. The monoisotopic (exact) mass is 268 g/mol. The second-order valence-electron chi connectivity index (χ2n) is 3.03. The van der Waals surface area contributed by atoms with Gasteiger partial charge in [0, 0.05) is 10.2 Å². The largest absolute Gasteiger partial charge is 0.389 e. The topological polar surface area (TPSA) is 77.0 Å². The Bertz CT molecular complexity index is 483. The van der Waals surface area contributed by atoms with Crippen LogP contribution in [0.5, 0.6) is 0 Å². The Hall–Kier alpha value is -1.56. The second-order valence-corrected chi connectivity index (χ2v) is 3.89. The van der Waals surface area contributed by atoms with Crippen LogP contribution in [0, 0.1) is 6.92 Å². The Morgan fingerprint density at radius 3 is 2.80 bits per heavy atom. The number of nitrogens with zero attached hydrogens (tertiary/aromatic N) is 2. The van der Waals surface area contributed by atoms with Gasteiger partial charge in [0.1, 0.15) is 0 Å². The second kappa shape index (κ2) is 3.90. The number of nitrogens with one attached hydrogen (secondary N) is 1. The highest BCUT2D eigenvalue weighted by atomic mass is 79.9. The first kappa shape index (κ1) is 9.97. The molecule has 0 aliphatic heterocycles. The molecule has 0 atom stereocenters. The summed E-state index contributed by atoms with van der Waals surface area (Å²) >= 11 is 3.43. The van der Waals surface area contributed by atoms with Gasteiger partial charge in [0.05, 0.1) is 0 Å². The highest BCUT2D eigenvalue weighted by Gasteiger charge is 2.03. The van der Waals surface area contributed by atoms with Gasteiger partial charge in [-0.1, -0.05) is 32.2 Å². The average Bonchev–Trinajstić information content (AvgIpc) is 2.58. The SMILES string of the molecule is Cc1ccc(Nc2nnc(N)o2)cc1Br. The molecule has 0 fully saturated rings. The zero-order valence-electron chi connectivity index (χ0n) is 7.99. The normalized spacial score (nSPS) is 10.3. The van der Waals surface area contributed by atoms with Crippen LogP contribution in [-0.2, 0) is 0 Å². The van der Waals surface area contributed by atoms with Crippen molar-refractivity contribution in [3.8, 4) is 0 Å². The number of benzene rings is 1. The van der Waals surface area contributed by atoms with E-state index in [0.717, 1.165) is 15.7 Å². The van der Waals surface area contributed by atoms with E-state index >= 15 is 0 Å². The lowest BCUT2D eigenvalue weighted by Crippen LogP contribution is -1.90. The van der Waals surface area contributed by atoms with E-state index < -0.39 is 0 Å². The molecule has 1 aromatic heterocycles. The quantitative estimate of drug-likeness (QED) is 0.875. The third-order valence-corrected chi connectivity index (χ3v) is 2.72. The predicted molar refractivity (Wildman–Crippen MR) is 60.9 cm³/mol. The lowest BCUT2D eigenvalue weighted by molar-refractivity contribution is 0.593. The maximum Gasteiger partial charge on any atom is 0.321 e. The summed E-state index contributed by atoms with van der Waals surface area (Å²) in [4.78, 5) is 0. The number of hydrogen-bond acceptors (Lipinski definition) is 5. The van der Waals surface area contributed by atoms with Crippen molar-refractivity contribution in [1.29, 1.82) is 0 Å². The summed E-state index contributed by atoms with van der Waals surface area (Å²) in [6.07, 6.45) is 0. The van der Waals surface area contributed by atoms with Gasteiger partial charge < -0.3 is 15.5 Å². The lowest BCUT2D eigenvalue weighted by atomic mass is 10.2. The van der Waals surface area contributed by atoms with Gasteiger partial charge in [0.2, 0.25) is 0 Å². The number of hydrogen-bond donors (Lipinski definition) is 2. The van der Waals surface area contributed by atoms with E-state index in [1.807, 2.05) is 25.1 Å². The summed E-state index contributed by atoms with van der Waals surface area (Å²) in [5.41, 5.74) is 7.31. The molecule has 1 aromatic carbocycles. The van der Waals surface area contributed by atoms with Crippen LogP contribution in [0.15, 0.2) is 27.1 Å². The summed E-state index contributed by atoms with van der Waals surface area (Å²) in [6, 6.07) is 6.15. The molecule has 2 aromatic rings. The minimum absolute atomic E-state index is 0.0451. The summed E-state index contributed by atoms with van der Waals surface area (Å²) in [5, 5.41) is 10.2. The van der Waals surface area contributed by atoms with E-state index in [4.69, 9.17) is 10.2 Å². The fourth-order valence-corrected chi connectivity index (χ4v) is 1.46. The minimum atomic E-state index is 0.0451. The fourth-order valence-electron chi connectivity index (χ4n) is 1.08. The zero-order chi connectivity index (χ0) is 10.8. The van der Waals surface area contributed by atoms with Crippen molar-refractivity contribution >= 4 is 33.6 Å². The molecule has 5 nitrogen and oxygen atoms in total. The molecule has 15 heavy (non-hydrogen) atoms. The first-order valence-corrected chi connectivity index (χ1v) is 5.06. The number of halogens is 1. The van der Waals surface area contributed by atoms with Crippen molar-refractivity contribution in [3.63, 3.8) is 0 Å². The van der Waals surface area contributed by atoms with Crippen molar-refractivity contribution in [2.24, 2.45) is 0 Å². The van der Waals surface area contributed by atoms with Gasteiger partial charge >= 0.3 is 12.0 Å². The molecule has 0 unspecified atom stereocenters. The van der Waals surface area contributed by atoms with Crippen LogP contribution in [0.4, 0.5) is 17.7 Å². The van der Waals surface area contributed by atoms with Crippen LogP contribution in [0.3, 0.4) is 0 Å². The van der Waals surface area contributed by atoms with Gasteiger partial charge in [-0.15, -0.1) is 0 Å². The fraction of sp³-hybridized carbons (Fsp3) is 0.111. The molecule has 0 spiro atoms. The van der Waals surface area contributed by atoms with Crippen LogP contribution in [-0.4, -0.2) is 10.2 Å². The van der Waals surface area contributed by atoms with E-state index in [0.29, 0.717) is 0 Å². The van der Waals surface area contributed by atoms with Gasteiger partial charge in [-0.25, -0.2) is 0 Å². The van der Waals surface area contributed by atoms with E-state index in [9.17, 15) is 0 Å². The van der Waals surface area contributed by atoms with E-state index in [-0.39, 0.29) is 12.0 Å². The molecule has 0 aliphatic carbocycles. The molecule has 0 radical (unpaired) electrons. The van der Waals surface area contributed by atoms with Gasteiger partial charge in [0.15, 0.2) is 0 Å². The summed E-state index contributed by atoms with van der Waals surface area (Å²) < 4.78 is 6.00. The Labute approximate surface area is 94.8 Å². The summed E-state index contributed by atoms with van der Waals surface area (Å²) in [5.74, 6) is 0. The summed E-state index contributed by atoms with van der Waals surface area (Å²) in [6.45, 7) is 2.01. The van der Waals surface area contributed by atoms with Crippen molar-refractivity contribution in [2.45, 2.75) is 6.92 Å². The molecular weight excluding hydrogens is 260 g/mol. The van der Waals surface area contributed by atoms with E-state index in [2.05, 4.69) is 31.4 Å². The third-order valence-electron chi connectivity index (χ3n) is 1.86. The number of rotatable bonds is 2. The summed E-state index contributed by atoms with van der Waals surface area (Å²) in [7, 11) is 0. The number of nitrogen functional groups attached to an aromatic ring is 1. The number of anilines is 3. The van der Waals surface area contributed by atoms with E-state index in [1.165, 1.54) is 0 Å². The molecule has 6 heteroatoms. The minimum Gasteiger partial charge on any atom is -0.389 e. The average molecular weight is 269 g/mol. The molecule has 3 N–H and O–H groups in total. The number of aryl methyl sites for hydroxylation is 1. The highest BCUT2D eigenvalue weighted by Crippen LogP contribution is 2.23. The molecule has 0 saturated heterocycles. The van der Waals surface area contributed by atoms with Crippen LogP contribution < -0.4 is 11.1 Å². The molecular formula is C9H9BrN4O. The zero-order valence-corrected chi connectivity index (χ0v) is 9.58. The predicted octanol–water partition coefficient (Wildman–Crippen LogP) is 2.47. The smallest absolute Gasteiger partial charge is 0.321 e. The molecule has 0 aliphatic rings. The van der Waals surface area contributed by atoms with Gasteiger partial charge in [0.25, 0.3) is 0 Å². The van der Waals surface area contributed by atoms with Gasteiger partial charge in [-0.3, -0.25) is 0 Å². The van der Waals surface area contributed by atoms with Crippen LogP contribution in [0.25, 0.3) is 0 Å². The van der Waals surface area contributed by atoms with Crippen molar-refractivity contribution < 1.29 is 4.42 Å². The molecule has 78 valence electrons. The van der Waals surface area contributed by atoms with Crippen molar-refractivity contribution in [2.75, 3.05) is 11.1 Å². The highest BCUT2D eigenvalue weighted by molar-refractivity contribution is 9.10. The molecule has 2 rings (SSSR count). The lowest BCUT2D eigenvalue weighted by Gasteiger charge is -2.03. The first-order chi connectivity index (χ1) is 7.15. The Balaban J connectivity index is 2.21. The molecule has 0 bridgehead atoms. The van der Waals surface area contributed by atoms with Crippen LogP contribution >= 0.6 is 15.9 Å². The van der Waals surface area contributed by atoms with E-state index in [1.54, 1.807) is 0 Å². The number of nitrogens with two attached hydrogens (primary N) is 1. The maximum absolute atomic E-state index is 5.30. The number of aromatic nitrogens is 2. The standard InChI is InChI=1S/C9H9BrN4O/c1-5-2-3-6(4-7(5)10)12-9-14-13-8(11)15-9/h2-4H,1H3,(H2,11,13)(H,12,14). The molecule has 0 amide bonds. The molecule has 1 heterocycles. The maximum atomic E-state index is 5.30. The molecule has 0 saturated carbocycles. The van der Waals surface area contributed by atoms with Gasteiger partial charge in [-0.05, 0) is 24.6 Å². The Kier molecular flexibility index (Phi) is 2.59. The first-order valence-electron chi connectivity index (χ1n) is 4.27. The van der Waals surface area contributed by atoms with Crippen LogP contribution in [0.1, 0.15) is 5.56 Å². The van der Waals surface area contributed by atoms with Gasteiger partial charge in [-0.2, -0.15) is 0 Å². The Morgan fingerprint density at radius 2 is 2.20 bits per heavy atom. The van der Waals surface area contributed by atoms with Crippen molar-refractivity contribution in [3.05, 3.63) is 28.2 Å². The van der Waals surface area contributed by atoms with Crippen LogP contribution in [0.2, 0.25) is 0 Å². The third kappa shape index (κ3) is 2.27. The van der Waals surface area contributed by atoms with Crippen molar-refractivity contribution in [1.82, 2.24) is 10.2 Å².